The van der Waals surface area contributed by atoms with E-state index in [4.69, 9.17) is 9.47 Å². The van der Waals surface area contributed by atoms with Crippen molar-refractivity contribution in [3.8, 4) is 0 Å². The van der Waals surface area contributed by atoms with Crippen LogP contribution in [0.3, 0.4) is 0 Å². The Morgan fingerprint density at radius 3 is 2.36 bits per heavy atom. The van der Waals surface area contributed by atoms with Crippen molar-refractivity contribution in [2.75, 3.05) is 13.2 Å². The lowest BCUT2D eigenvalue weighted by Gasteiger charge is -2.59. The van der Waals surface area contributed by atoms with E-state index >= 15 is 0 Å². The summed E-state index contributed by atoms with van der Waals surface area (Å²) in [5.74, 6) is 3.15. The van der Waals surface area contributed by atoms with E-state index in [0.717, 1.165) is 69.3 Å². The predicted molar refractivity (Wildman–Crippen MR) is 161 cm³/mol. The highest BCUT2D eigenvalue weighted by Gasteiger charge is 2.59. The van der Waals surface area contributed by atoms with Gasteiger partial charge in [0.25, 0.3) is 0 Å². The average Bonchev–Trinajstić information content (AvgIpc) is 3.21. The summed E-state index contributed by atoms with van der Waals surface area (Å²) in [6.45, 7) is 16.4. The number of aliphatic hydroxyl groups is 2. The van der Waals surface area contributed by atoms with E-state index in [9.17, 15) is 10.2 Å². The molecule has 0 aromatic rings. The summed E-state index contributed by atoms with van der Waals surface area (Å²) in [5, 5.41) is 21.6. The van der Waals surface area contributed by atoms with Gasteiger partial charge in [0.1, 0.15) is 6.10 Å². The molecule has 0 saturated heterocycles. The normalized spacial score (nSPS) is 40.8. The number of hydrogen-bond acceptors (Lipinski definition) is 4. The van der Waals surface area contributed by atoms with Gasteiger partial charge in [0.05, 0.1) is 23.9 Å². The Kier molecular flexibility index (Phi) is 10.1. The first-order valence-corrected chi connectivity index (χ1v) is 16.9. The van der Waals surface area contributed by atoms with Gasteiger partial charge < -0.3 is 19.7 Å². The molecule has 0 aromatic carbocycles. The summed E-state index contributed by atoms with van der Waals surface area (Å²) in [6, 6.07) is 0. The summed E-state index contributed by atoms with van der Waals surface area (Å²) in [6.07, 6.45) is 18.7. The maximum Gasteiger partial charge on any atom is 0.102 e. The Labute approximate surface area is 240 Å². The number of fused-ring (bicyclic) bond motifs is 5. The molecule has 5 aliphatic carbocycles. The quantitative estimate of drug-likeness (QED) is 0.214. The van der Waals surface area contributed by atoms with Crippen molar-refractivity contribution in [3.05, 3.63) is 11.6 Å². The van der Waals surface area contributed by atoms with Crippen molar-refractivity contribution < 1.29 is 19.7 Å². The van der Waals surface area contributed by atoms with Crippen LogP contribution in [0.4, 0.5) is 0 Å². The maximum atomic E-state index is 11.5. The highest BCUT2D eigenvalue weighted by Crippen LogP contribution is 2.67. The molecule has 8 atom stereocenters. The van der Waals surface area contributed by atoms with Crippen LogP contribution in [0.5, 0.6) is 0 Å². The van der Waals surface area contributed by atoms with Crippen molar-refractivity contribution >= 4 is 0 Å². The lowest BCUT2D eigenvalue weighted by atomic mass is 9.47. The number of allylic oxidation sites excluding steroid dienone is 1. The van der Waals surface area contributed by atoms with E-state index in [-0.39, 0.29) is 17.1 Å². The summed E-state index contributed by atoms with van der Waals surface area (Å²) in [4.78, 5) is 0. The lowest BCUT2D eigenvalue weighted by Crippen LogP contribution is -2.54. The fourth-order valence-corrected chi connectivity index (χ4v) is 9.88. The molecule has 5 rings (SSSR count). The number of unbranched alkanes of at least 4 members (excludes halogenated alkanes) is 1. The molecule has 0 aromatic heterocycles. The molecule has 39 heavy (non-hydrogen) atoms. The van der Waals surface area contributed by atoms with Gasteiger partial charge in [-0.3, -0.25) is 0 Å². The minimum atomic E-state index is -0.529. The van der Waals surface area contributed by atoms with Crippen LogP contribution in [0.2, 0.25) is 0 Å². The molecule has 4 saturated carbocycles. The van der Waals surface area contributed by atoms with E-state index in [0.29, 0.717) is 17.9 Å². The minimum Gasteiger partial charge on any atom is -0.390 e. The summed E-state index contributed by atoms with van der Waals surface area (Å²) < 4.78 is 12.5. The van der Waals surface area contributed by atoms with Crippen LogP contribution in [-0.2, 0) is 9.47 Å². The third kappa shape index (κ3) is 6.20. The molecule has 0 spiro atoms. The van der Waals surface area contributed by atoms with Gasteiger partial charge in [-0.15, -0.1) is 0 Å². The summed E-state index contributed by atoms with van der Waals surface area (Å²) in [7, 11) is 0. The lowest BCUT2D eigenvalue weighted by molar-refractivity contribution is -0.170. The topological polar surface area (TPSA) is 58.9 Å². The van der Waals surface area contributed by atoms with Crippen LogP contribution >= 0.6 is 0 Å². The predicted octanol–water partition coefficient (Wildman–Crippen LogP) is 8.24. The van der Waals surface area contributed by atoms with Gasteiger partial charge in [0, 0.05) is 6.61 Å². The van der Waals surface area contributed by atoms with Gasteiger partial charge in [-0.1, -0.05) is 46.6 Å². The standard InChI is InChI=1S/C33H56O4.C2H6/c1-6-37-33(18-9-19-33)22-36-28-16-21-32(5)26-15-20-31(4)23(10-7-8-17-30(2,3)35)11-13-25(31)24(26)12-14-27(32)29(28)34;1-2/h14,23-26,28-29,34-35H,6-13,15-22H2,1-5H3;1-2H3. The fourth-order valence-electron chi connectivity index (χ4n) is 9.88. The van der Waals surface area contributed by atoms with Gasteiger partial charge in [0.15, 0.2) is 0 Å². The molecule has 4 fully saturated rings. The molecule has 0 bridgehead atoms. The second-order valence-electron chi connectivity index (χ2n) is 14.9. The van der Waals surface area contributed by atoms with Crippen LogP contribution in [-0.4, -0.2) is 46.8 Å². The van der Waals surface area contributed by atoms with E-state index in [1.165, 1.54) is 50.5 Å². The van der Waals surface area contributed by atoms with E-state index < -0.39 is 11.7 Å². The van der Waals surface area contributed by atoms with Gasteiger partial charge in [-0.25, -0.2) is 0 Å². The first kappa shape index (κ1) is 31.5. The molecule has 0 radical (unpaired) electrons. The zero-order valence-corrected chi connectivity index (χ0v) is 26.6. The van der Waals surface area contributed by atoms with Crippen molar-refractivity contribution in [1.29, 1.82) is 0 Å². The third-order valence-electron chi connectivity index (χ3n) is 12.2. The van der Waals surface area contributed by atoms with Crippen LogP contribution in [0, 0.1) is 34.5 Å². The first-order valence-electron chi connectivity index (χ1n) is 16.9. The van der Waals surface area contributed by atoms with Gasteiger partial charge >= 0.3 is 0 Å². The SMILES string of the molecule is CC.CCOC1(COC2CCC3(C)C(=CCC4C3CCC3(C)C(CCCCC(C)(C)O)CCC43)C2O)CCC1. The Hall–Kier alpha value is -0.420. The van der Waals surface area contributed by atoms with E-state index in [1.807, 2.05) is 27.7 Å². The van der Waals surface area contributed by atoms with Gasteiger partial charge in [0.2, 0.25) is 0 Å². The van der Waals surface area contributed by atoms with Crippen molar-refractivity contribution in [2.24, 2.45) is 34.5 Å². The first-order chi connectivity index (χ1) is 18.5. The van der Waals surface area contributed by atoms with Crippen LogP contribution in [0.1, 0.15) is 138 Å². The largest absolute Gasteiger partial charge is 0.390 e. The molecule has 4 nitrogen and oxygen atoms in total. The van der Waals surface area contributed by atoms with Gasteiger partial charge in [-0.05, 0) is 138 Å². The zero-order chi connectivity index (χ0) is 28.5. The maximum absolute atomic E-state index is 11.5. The monoisotopic (exact) mass is 546 g/mol. The molecule has 8 unspecified atom stereocenters. The Bertz CT molecular complexity index is 825. The molecule has 5 aliphatic rings. The third-order valence-corrected chi connectivity index (χ3v) is 12.2. The highest BCUT2D eigenvalue weighted by molar-refractivity contribution is 5.29. The highest BCUT2D eigenvalue weighted by atomic mass is 16.6. The van der Waals surface area contributed by atoms with Crippen molar-refractivity contribution in [2.45, 2.75) is 162 Å². The van der Waals surface area contributed by atoms with Crippen LogP contribution in [0.15, 0.2) is 11.6 Å². The van der Waals surface area contributed by atoms with E-state index in [1.54, 1.807) is 0 Å². The number of ether oxygens (including phenoxy) is 2. The van der Waals surface area contributed by atoms with Gasteiger partial charge in [-0.2, -0.15) is 0 Å². The van der Waals surface area contributed by atoms with Crippen molar-refractivity contribution in [1.82, 2.24) is 0 Å². The Balaban J connectivity index is 0.00000172. The Morgan fingerprint density at radius 2 is 1.72 bits per heavy atom. The molecular formula is C35H62O4. The smallest absolute Gasteiger partial charge is 0.102 e. The molecule has 0 heterocycles. The number of aliphatic hydroxyl groups excluding tert-OH is 1. The fraction of sp³-hybridized carbons (Fsp3) is 0.943. The molecule has 0 aliphatic heterocycles. The van der Waals surface area contributed by atoms with Crippen LogP contribution < -0.4 is 0 Å². The average molecular weight is 547 g/mol. The molecule has 2 N–H and O–H groups in total. The zero-order valence-electron chi connectivity index (χ0n) is 26.6. The molecule has 226 valence electrons. The summed E-state index contributed by atoms with van der Waals surface area (Å²) in [5.41, 5.74) is 1.28. The van der Waals surface area contributed by atoms with Crippen molar-refractivity contribution in [3.63, 3.8) is 0 Å². The molecular weight excluding hydrogens is 484 g/mol. The molecule has 4 heteroatoms. The Morgan fingerprint density at radius 1 is 0.974 bits per heavy atom. The second-order valence-corrected chi connectivity index (χ2v) is 14.9. The second kappa shape index (κ2) is 12.4. The van der Waals surface area contributed by atoms with Crippen LogP contribution in [0.25, 0.3) is 0 Å². The van der Waals surface area contributed by atoms with E-state index in [2.05, 4.69) is 26.8 Å². The molecule has 0 amide bonds. The summed E-state index contributed by atoms with van der Waals surface area (Å²) >= 11 is 0. The number of rotatable bonds is 10. The minimum absolute atomic E-state index is 0.0811. The number of hydrogen-bond donors (Lipinski definition) is 2.